The van der Waals surface area contributed by atoms with Crippen molar-refractivity contribution in [3.05, 3.63) is 12.2 Å². The Labute approximate surface area is 65.9 Å². The first kappa shape index (κ1) is 7.04. The number of rotatable bonds is 0. The van der Waals surface area contributed by atoms with Gasteiger partial charge in [0, 0.05) is 12.3 Å². The van der Waals surface area contributed by atoms with Gasteiger partial charge in [0.1, 0.15) is 5.78 Å². The zero-order chi connectivity index (χ0) is 7.84. The molecule has 0 saturated heterocycles. The fourth-order valence-electron chi connectivity index (χ4n) is 2.14. The lowest BCUT2D eigenvalue weighted by Crippen LogP contribution is -2.21. The molecule has 2 rings (SSSR count). The minimum Gasteiger partial charge on any atom is -0.392 e. The second-order valence-electron chi connectivity index (χ2n) is 3.45. The van der Waals surface area contributed by atoms with Crippen molar-refractivity contribution in [2.75, 3.05) is 0 Å². The van der Waals surface area contributed by atoms with Gasteiger partial charge in [-0.05, 0) is 18.8 Å². The van der Waals surface area contributed by atoms with Crippen LogP contribution >= 0.6 is 0 Å². The predicted octanol–water partition coefficient (Wildman–Crippen LogP) is 0.903. The van der Waals surface area contributed by atoms with Crippen LogP contribution in [0.3, 0.4) is 0 Å². The largest absolute Gasteiger partial charge is 0.392 e. The molecule has 2 nitrogen and oxygen atoms in total. The lowest BCUT2D eigenvalue weighted by Gasteiger charge is -2.21. The van der Waals surface area contributed by atoms with Crippen LogP contribution < -0.4 is 0 Å². The maximum Gasteiger partial charge on any atom is 0.139 e. The highest BCUT2D eigenvalue weighted by Crippen LogP contribution is 2.37. The molecule has 1 N–H and O–H groups in total. The summed E-state index contributed by atoms with van der Waals surface area (Å²) in [5.41, 5.74) is 0. The molecule has 1 saturated carbocycles. The smallest absolute Gasteiger partial charge is 0.139 e. The average molecular weight is 152 g/mol. The standard InChI is InChI=1S/C9H12O2/c10-8-5-9(11)7-4-2-1-3-6(7)8/h1-2,6-8,10H,3-5H2/t6?,7?,8-/m1/s1. The Morgan fingerprint density at radius 2 is 2.09 bits per heavy atom. The molecule has 2 unspecified atom stereocenters. The number of Topliss-reactive ketones (excluding diaryl/α,β-unsaturated/α-hetero) is 1. The van der Waals surface area contributed by atoms with Gasteiger partial charge in [0.25, 0.3) is 0 Å². The minimum atomic E-state index is -0.363. The van der Waals surface area contributed by atoms with E-state index in [0.29, 0.717) is 6.42 Å². The van der Waals surface area contributed by atoms with Crippen LogP contribution in [0.5, 0.6) is 0 Å². The van der Waals surface area contributed by atoms with E-state index in [9.17, 15) is 9.90 Å². The third kappa shape index (κ3) is 1.02. The number of fused-ring (bicyclic) bond motifs is 1. The second-order valence-corrected chi connectivity index (χ2v) is 3.45. The van der Waals surface area contributed by atoms with Crippen molar-refractivity contribution in [3.8, 4) is 0 Å². The van der Waals surface area contributed by atoms with Gasteiger partial charge >= 0.3 is 0 Å². The zero-order valence-electron chi connectivity index (χ0n) is 6.36. The van der Waals surface area contributed by atoms with Crippen LogP contribution in [0, 0.1) is 11.8 Å². The zero-order valence-corrected chi connectivity index (χ0v) is 6.36. The third-order valence-electron chi connectivity index (χ3n) is 2.80. The Kier molecular flexibility index (Phi) is 1.57. The topological polar surface area (TPSA) is 37.3 Å². The van der Waals surface area contributed by atoms with E-state index >= 15 is 0 Å². The fourth-order valence-corrected chi connectivity index (χ4v) is 2.14. The summed E-state index contributed by atoms with van der Waals surface area (Å²) < 4.78 is 0. The Bertz CT molecular complexity index is 208. The monoisotopic (exact) mass is 152 g/mol. The van der Waals surface area contributed by atoms with E-state index in [4.69, 9.17) is 0 Å². The van der Waals surface area contributed by atoms with Crippen molar-refractivity contribution < 1.29 is 9.90 Å². The van der Waals surface area contributed by atoms with Crippen molar-refractivity contribution >= 4 is 5.78 Å². The molecule has 2 heteroatoms. The van der Waals surface area contributed by atoms with E-state index in [1.807, 2.05) is 0 Å². The van der Waals surface area contributed by atoms with Crippen molar-refractivity contribution in [2.24, 2.45) is 11.8 Å². The number of ketones is 1. The van der Waals surface area contributed by atoms with E-state index in [2.05, 4.69) is 12.2 Å². The van der Waals surface area contributed by atoms with Gasteiger partial charge in [0.2, 0.25) is 0 Å². The van der Waals surface area contributed by atoms with E-state index in [1.54, 1.807) is 0 Å². The van der Waals surface area contributed by atoms with Gasteiger partial charge in [-0.15, -0.1) is 0 Å². The molecule has 0 amide bonds. The number of hydrogen-bond donors (Lipinski definition) is 1. The molecule has 0 aliphatic heterocycles. The van der Waals surface area contributed by atoms with Crippen LogP contribution in [0.25, 0.3) is 0 Å². The maximum atomic E-state index is 11.2. The molecule has 0 heterocycles. The van der Waals surface area contributed by atoms with E-state index in [0.717, 1.165) is 12.8 Å². The number of carbonyl (C=O) groups excluding carboxylic acids is 1. The Morgan fingerprint density at radius 3 is 2.82 bits per heavy atom. The van der Waals surface area contributed by atoms with Gasteiger partial charge < -0.3 is 5.11 Å². The quantitative estimate of drug-likeness (QED) is 0.524. The summed E-state index contributed by atoms with van der Waals surface area (Å²) >= 11 is 0. The molecule has 60 valence electrons. The number of aliphatic hydroxyl groups excluding tert-OH is 1. The fraction of sp³-hybridized carbons (Fsp3) is 0.667. The highest BCUT2D eigenvalue weighted by molar-refractivity contribution is 5.84. The summed E-state index contributed by atoms with van der Waals surface area (Å²) in [5, 5.41) is 9.44. The van der Waals surface area contributed by atoms with Gasteiger partial charge in [0.05, 0.1) is 6.10 Å². The SMILES string of the molecule is O=C1C[C@@H](O)C2CC=CCC12. The average Bonchev–Trinajstić information content (AvgIpc) is 2.30. The highest BCUT2D eigenvalue weighted by atomic mass is 16.3. The first-order valence-electron chi connectivity index (χ1n) is 4.15. The number of allylic oxidation sites excluding steroid dienone is 2. The summed E-state index contributed by atoms with van der Waals surface area (Å²) in [6, 6.07) is 0. The second kappa shape index (κ2) is 2.45. The van der Waals surface area contributed by atoms with E-state index in [-0.39, 0.29) is 23.7 Å². The molecule has 0 spiro atoms. The lowest BCUT2D eigenvalue weighted by molar-refractivity contribution is -0.121. The maximum absolute atomic E-state index is 11.2. The van der Waals surface area contributed by atoms with Crippen LogP contribution in [0.1, 0.15) is 19.3 Å². The van der Waals surface area contributed by atoms with Crippen LogP contribution in [0.2, 0.25) is 0 Å². The molecule has 3 atom stereocenters. The molecule has 0 aromatic heterocycles. The van der Waals surface area contributed by atoms with Gasteiger partial charge in [0.15, 0.2) is 0 Å². The first-order valence-corrected chi connectivity index (χ1v) is 4.15. The molecule has 1 fully saturated rings. The predicted molar refractivity (Wildman–Crippen MR) is 41.0 cm³/mol. The first-order chi connectivity index (χ1) is 5.29. The highest BCUT2D eigenvalue weighted by Gasteiger charge is 2.40. The van der Waals surface area contributed by atoms with Crippen molar-refractivity contribution in [2.45, 2.75) is 25.4 Å². The summed E-state index contributed by atoms with van der Waals surface area (Å²) in [6.07, 6.45) is 5.88. The van der Waals surface area contributed by atoms with Crippen molar-refractivity contribution in [3.63, 3.8) is 0 Å². The van der Waals surface area contributed by atoms with Gasteiger partial charge in [-0.25, -0.2) is 0 Å². The Morgan fingerprint density at radius 1 is 1.36 bits per heavy atom. The molecule has 11 heavy (non-hydrogen) atoms. The summed E-state index contributed by atoms with van der Waals surface area (Å²) in [6.45, 7) is 0. The van der Waals surface area contributed by atoms with Crippen LogP contribution in [-0.4, -0.2) is 17.0 Å². The number of hydrogen-bond acceptors (Lipinski definition) is 2. The third-order valence-corrected chi connectivity index (χ3v) is 2.80. The van der Waals surface area contributed by atoms with Gasteiger partial charge in [-0.3, -0.25) is 4.79 Å². The summed E-state index contributed by atoms with van der Waals surface area (Å²) in [4.78, 5) is 11.2. The molecule has 2 aliphatic rings. The van der Waals surface area contributed by atoms with E-state index < -0.39 is 0 Å². The van der Waals surface area contributed by atoms with E-state index in [1.165, 1.54) is 0 Å². The van der Waals surface area contributed by atoms with Gasteiger partial charge in [-0.2, -0.15) is 0 Å². The normalized spacial score (nSPS) is 42.6. The molecule has 0 radical (unpaired) electrons. The van der Waals surface area contributed by atoms with Crippen LogP contribution in [0.4, 0.5) is 0 Å². The summed E-state index contributed by atoms with van der Waals surface area (Å²) in [7, 11) is 0. The molecular weight excluding hydrogens is 140 g/mol. The molecular formula is C9H12O2. The van der Waals surface area contributed by atoms with Crippen molar-refractivity contribution in [1.82, 2.24) is 0 Å². The molecule has 0 aromatic carbocycles. The Hall–Kier alpha value is -0.630. The molecule has 0 aromatic rings. The molecule has 2 aliphatic carbocycles. The molecule has 0 bridgehead atoms. The number of aliphatic hydroxyl groups is 1. The lowest BCUT2D eigenvalue weighted by atomic mass is 9.85. The van der Waals surface area contributed by atoms with Gasteiger partial charge in [-0.1, -0.05) is 12.2 Å². The summed E-state index contributed by atoms with van der Waals surface area (Å²) in [5.74, 6) is 0.620. The minimum absolute atomic E-state index is 0.134. The van der Waals surface area contributed by atoms with Crippen LogP contribution in [-0.2, 0) is 4.79 Å². The van der Waals surface area contributed by atoms with Crippen LogP contribution in [0.15, 0.2) is 12.2 Å². The number of carbonyl (C=O) groups is 1. The Balaban J connectivity index is 2.21. The van der Waals surface area contributed by atoms with Crippen molar-refractivity contribution in [1.29, 1.82) is 0 Å².